The summed E-state index contributed by atoms with van der Waals surface area (Å²) in [5, 5.41) is 5.92. The van der Waals surface area contributed by atoms with E-state index in [0.717, 1.165) is 5.56 Å². The Morgan fingerprint density at radius 1 is 1.35 bits per heavy atom. The molecule has 4 N–H and O–H groups in total. The van der Waals surface area contributed by atoms with Crippen molar-refractivity contribution in [1.82, 2.24) is 5.32 Å². The fourth-order valence-corrected chi connectivity index (χ4v) is 1.85. The van der Waals surface area contributed by atoms with E-state index in [4.69, 9.17) is 22.1 Å². The van der Waals surface area contributed by atoms with Crippen LogP contribution in [0.5, 0.6) is 0 Å². The van der Waals surface area contributed by atoms with E-state index in [0.29, 0.717) is 17.1 Å². The highest BCUT2D eigenvalue weighted by Crippen LogP contribution is 2.19. The molecule has 0 bridgehead atoms. The molecular weight excluding hydrogens is 318 g/mol. The highest BCUT2D eigenvalue weighted by molar-refractivity contribution is 6.31. The van der Waals surface area contributed by atoms with Crippen LogP contribution in [0.15, 0.2) is 18.2 Å². The van der Waals surface area contributed by atoms with Crippen LogP contribution in [0.2, 0.25) is 5.02 Å². The van der Waals surface area contributed by atoms with Gasteiger partial charge in [0.2, 0.25) is 5.91 Å². The largest absolute Gasteiger partial charge is 0.444 e. The molecule has 0 heterocycles. The van der Waals surface area contributed by atoms with E-state index in [1.807, 2.05) is 6.92 Å². The summed E-state index contributed by atoms with van der Waals surface area (Å²) in [7, 11) is 0. The summed E-state index contributed by atoms with van der Waals surface area (Å²) in [4.78, 5) is 23.5. The van der Waals surface area contributed by atoms with Crippen molar-refractivity contribution in [2.24, 2.45) is 5.73 Å². The predicted molar refractivity (Wildman–Crippen MR) is 91.6 cm³/mol. The maximum absolute atomic E-state index is 12.0. The summed E-state index contributed by atoms with van der Waals surface area (Å²) in [5.41, 5.74) is 6.75. The lowest BCUT2D eigenvalue weighted by Crippen LogP contribution is -2.40. The third kappa shape index (κ3) is 7.34. The number of halogens is 1. The summed E-state index contributed by atoms with van der Waals surface area (Å²) < 4.78 is 5.10. The Kier molecular flexibility index (Phi) is 6.84. The van der Waals surface area contributed by atoms with Gasteiger partial charge < -0.3 is 21.1 Å². The van der Waals surface area contributed by atoms with E-state index >= 15 is 0 Å². The van der Waals surface area contributed by atoms with Crippen LogP contribution in [-0.2, 0) is 9.53 Å². The lowest BCUT2D eigenvalue weighted by Gasteiger charge is -2.20. The zero-order valence-electron chi connectivity index (χ0n) is 13.9. The minimum Gasteiger partial charge on any atom is -0.444 e. The first kappa shape index (κ1) is 19.3. The van der Waals surface area contributed by atoms with Gasteiger partial charge in [0.15, 0.2) is 0 Å². The first-order chi connectivity index (χ1) is 10.6. The van der Waals surface area contributed by atoms with Crippen LogP contribution >= 0.6 is 11.6 Å². The molecule has 128 valence electrons. The number of amides is 2. The molecule has 7 heteroatoms. The van der Waals surface area contributed by atoms with Crippen LogP contribution in [0, 0.1) is 6.92 Å². The second-order valence-electron chi connectivity index (χ2n) is 6.28. The van der Waals surface area contributed by atoms with Crippen molar-refractivity contribution in [3.05, 3.63) is 28.8 Å². The van der Waals surface area contributed by atoms with Gasteiger partial charge in [-0.05, 0) is 57.9 Å². The van der Waals surface area contributed by atoms with Gasteiger partial charge in [-0.15, -0.1) is 0 Å². The molecule has 0 radical (unpaired) electrons. The smallest absolute Gasteiger partial charge is 0.407 e. The Bertz CT molecular complexity index is 570. The maximum Gasteiger partial charge on any atom is 0.407 e. The molecule has 0 aliphatic carbocycles. The molecule has 0 unspecified atom stereocenters. The van der Waals surface area contributed by atoms with Crippen molar-refractivity contribution < 1.29 is 14.3 Å². The van der Waals surface area contributed by atoms with Gasteiger partial charge in [0.05, 0.1) is 6.04 Å². The van der Waals surface area contributed by atoms with Crippen LogP contribution in [0.1, 0.15) is 32.8 Å². The van der Waals surface area contributed by atoms with Crippen LogP contribution in [0.25, 0.3) is 0 Å². The Morgan fingerprint density at radius 2 is 2.00 bits per heavy atom. The number of benzene rings is 1. The van der Waals surface area contributed by atoms with Crippen molar-refractivity contribution in [3.63, 3.8) is 0 Å². The number of hydrogen-bond acceptors (Lipinski definition) is 4. The Morgan fingerprint density at radius 3 is 2.57 bits per heavy atom. The molecule has 0 aromatic heterocycles. The SMILES string of the molecule is Cc1cc(NC(=O)[C@@H](N)CCNC(=O)OC(C)(C)C)ccc1Cl. The maximum atomic E-state index is 12.0. The third-order valence-electron chi connectivity index (χ3n) is 2.89. The molecule has 0 saturated heterocycles. The highest BCUT2D eigenvalue weighted by atomic mass is 35.5. The fraction of sp³-hybridized carbons (Fsp3) is 0.500. The van der Waals surface area contributed by atoms with Crippen molar-refractivity contribution in [2.45, 2.75) is 45.8 Å². The molecule has 0 saturated carbocycles. The molecular formula is C16H24ClN3O3. The van der Waals surface area contributed by atoms with Crippen LogP contribution in [0.3, 0.4) is 0 Å². The van der Waals surface area contributed by atoms with Crippen molar-refractivity contribution in [3.8, 4) is 0 Å². The zero-order valence-corrected chi connectivity index (χ0v) is 14.7. The van der Waals surface area contributed by atoms with Gasteiger partial charge in [-0.3, -0.25) is 4.79 Å². The van der Waals surface area contributed by atoms with Crippen molar-refractivity contribution in [1.29, 1.82) is 0 Å². The second-order valence-corrected chi connectivity index (χ2v) is 6.68. The number of ether oxygens (including phenoxy) is 1. The monoisotopic (exact) mass is 341 g/mol. The van der Waals surface area contributed by atoms with Crippen LogP contribution < -0.4 is 16.4 Å². The van der Waals surface area contributed by atoms with Crippen LogP contribution in [-0.4, -0.2) is 30.2 Å². The molecule has 0 aliphatic heterocycles. The van der Waals surface area contributed by atoms with Gasteiger partial charge in [-0.1, -0.05) is 11.6 Å². The average Bonchev–Trinajstić information content (AvgIpc) is 2.40. The third-order valence-corrected chi connectivity index (χ3v) is 3.31. The van der Waals surface area contributed by atoms with Gasteiger partial charge >= 0.3 is 6.09 Å². The summed E-state index contributed by atoms with van der Waals surface area (Å²) in [6, 6.07) is 4.45. The Balaban J connectivity index is 2.39. The first-order valence-corrected chi connectivity index (χ1v) is 7.76. The summed E-state index contributed by atoms with van der Waals surface area (Å²) in [6.45, 7) is 7.44. The van der Waals surface area contributed by atoms with Gasteiger partial charge in [-0.2, -0.15) is 0 Å². The molecule has 0 fully saturated rings. The van der Waals surface area contributed by atoms with E-state index in [-0.39, 0.29) is 12.5 Å². The van der Waals surface area contributed by atoms with Crippen LogP contribution in [0.4, 0.5) is 10.5 Å². The van der Waals surface area contributed by atoms with E-state index in [9.17, 15) is 9.59 Å². The number of rotatable bonds is 5. The normalized spacial score (nSPS) is 12.4. The van der Waals surface area contributed by atoms with Gasteiger partial charge in [0.1, 0.15) is 5.60 Å². The van der Waals surface area contributed by atoms with Crippen molar-refractivity contribution >= 4 is 29.3 Å². The molecule has 2 amide bonds. The minimum absolute atomic E-state index is 0.253. The van der Waals surface area contributed by atoms with E-state index in [1.165, 1.54) is 0 Å². The zero-order chi connectivity index (χ0) is 17.6. The summed E-state index contributed by atoms with van der Waals surface area (Å²) in [6.07, 6.45) is -0.226. The van der Waals surface area contributed by atoms with E-state index in [1.54, 1.807) is 39.0 Å². The molecule has 1 rings (SSSR count). The van der Waals surface area contributed by atoms with E-state index < -0.39 is 17.7 Å². The number of carbonyl (C=O) groups is 2. The Hall–Kier alpha value is -1.79. The topological polar surface area (TPSA) is 93.5 Å². The number of carbonyl (C=O) groups excluding carboxylic acids is 2. The number of nitrogens with one attached hydrogen (secondary N) is 2. The molecule has 0 spiro atoms. The molecule has 1 aromatic rings. The Labute approximate surface area is 141 Å². The van der Waals surface area contributed by atoms with Crippen molar-refractivity contribution in [2.75, 3.05) is 11.9 Å². The quantitative estimate of drug-likeness (QED) is 0.767. The lowest BCUT2D eigenvalue weighted by atomic mass is 10.2. The standard InChI is InChI=1S/C16H24ClN3O3/c1-10-9-11(5-6-12(10)17)20-14(21)13(18)7-8-19-15(22)23-16(2,3)4/h5-6,9,13H,7-8,18H2,1-4H3,(H,19,22)(H,20,21)/t13-/m0/s1. The summed E-state index contributed by atoms with van der Waals surface area (Å²) in [5.74, 6) is -0.322. The fourth-order valence-electron chi connectivity index (χ4n) is 1.73. The number of anilines is 1. The first-order valence-electron chi connectivity index (χ1n) is 7.38. The average molecular weight is 342 g/mol. The number of aryl methyl sites for hydroxylation is 1. The molecule has 6 nitrogen and oxygen atoms in total. The van der Waals surface area contributed by atoms with Gasteiger partial charge in [0.25, 0.3) is 0 Å². The van der Waals surface area contributed by atoms with Gasteiger partial charge in [0, 0.05) is 17.3 Å². The molecule has 0 aliphatic rings. The highest BCUT2D eigenvalue weighted by Gasteiger charge is 2.17. The molecule has 23 heavy (non-hydrogen) atoms. The molecule has 1 aromatic carbocycles. The lowest BCUT2D eigenvalue weighted by molar-refractivity contribution is -0.117. The number of alkyl carbamates (subject to hydrolysis) is 1. The number of hydrogen-bond donors (Lipinski definition) is 3. The number of nitrogens with two attached hydrogens (primary N) is 1. The van der Waals surface area contributed by atoms with Gasteiger partial charge in [-0.25, -0.2) is 4.79 Å². The molecule has 1 atom stereocenters. The second kappa shape index (κ2) is 8.17. The minimum atomic E-state index is -0.735. The van der Waals surface area contributed by atoms with E-state index in [2.05, 4.69) is 10.6 Å². The summed E-state index contributed by atoms with van der Waals surface area (Å²) >= 11 is 5.93. The predicted octanol–water partition coefficient (Wildman–Crippen LogP) is 2.83.